The lowest BCUT2D eigenvalue weighted by Gasteiger charge is -2.11. The van der Waals surface area contributed by atoms with Crippen molar-refractivity contribution in [2.75, 3.05) is 16.0 Å². The van der Waals surface area contributed by atoms with Crippen LogP contribution in [0.2, 0.25) is 0 Å². The third-order valence-electron chi connectivity index (χ3n) is 4.16. The molecule has 9 heteroatoms. The van der Waals surface area contributed by atoms with Crippen molar-refractivity contribution >= 4 is 45.6 Å². The molecule has 0 fully saturated rings. The molecule has 2 aromatic carbocycles. The second-order valence-corrected chi connectivity index (χ2v) is 7.35. The monoisotopic (exact) mass is 423 g/mol. The highest BCUT2D eigenvalue weighted by atomic mass is 32.1. The number of aromatic nitrogens is 2. The van der Waals surface area contributed by atoms with Crippen LogP contribution in [-0.4, -0.2) is 27.9 Å². The van der Waals surface area contributed by atoms with Gasteiger partial charge in [0.05, 0.1) is 11.3 Å². The Balaban J connectivity index is 1.71. The van der Waals surface area contributed by atoms with E-state index in [1.165, 1.54) is 11.3 Å². The molecule has 0 aliphatic carbocycles. The molecule has 0 unspecified atom stereocenters. The number of carbonyl (C=O) groups is 3. The van der Waals surface area contributed by atoms with Gasteiger partial charge in [-0.3, -0.25) is 19.7 Å². The zero-order valence-electron chi connectivity index (χ0n) is 16.6. The van der Waals surface area contributed by atoms with Crippen LogP contribution in [-0.2, 0) is 11.2 Å². The number of rotatable bonds is 7. The average molecular weight is 423 g/mol. The first kappa shape index (κ1) is 21.1. The molecular formula is C21H21N5O3S. The van der Waals surface area contributed by atoms with Crippen LogP contribution >= 0.6 is 11.3 Å². The fourth-order valence-corrected chi connectivity index (χ4v) is 3.22. The van der Waals surface area contributed by atoms with Crippen molar-refractivity contribution in [1.82, 2.24) is 10.2 Å². The number of nitrogens with one attached hydrogen (secondary N) is 3. The molecule has 8 nitrogen and oxygen atoms in total. The lowest BCUT2D eigenvalue weighted by Crippen LogP contribution is -2.18. The van der Waals surface area contributed by atoms with Crippen molar-refractivity contribution < 1.29 is 14.4 Å². The average Bonchev–Trinajstić information content (AvgIpc) is 3.22. The molecule has 0 aliphatic heterocycles. The van der Waals surface area contributed by atoms with Crippen LogP contribution in [0.3, 0.4) is 0 Å². The topological polar surface area (TPSA) is 113 Å². The Morgan fingerprint density at radius 1 is 0.867 bits per heavy atom. The molecule has 0 saturated heterocycles. The summed E-state index contributed by atoms with van der Waals surface area (Å²) < 4.78 is 0. The molecule has 30 heavy (non-hydrogen) atoms. The SMILES string of the molecule is CCC(=O)Nc1ccc(C(=O)Nc2ccccc2C(=O)Nc2nnc(CC)s2)cc1. The highest BCUT2D eigenvalue weighted by Gasteiger charge is 2.16. The first-order valence-electron chi connectivity index (χ1n) is 9.44. The van der Waals surface area contributed by atoms with Gasteiger partial charge in [-0.05, 0) is 42.8 Å². The molecule has 0 aliphatic rings. The predicted octanol–water partition coefficient (Wildman–Crippen LogP) is 3.95. The number of hydrogen-bond donors (Lipinski definition) is 3. The Morgan fingerprint density at radius 3 is 2.27 bits per heavy atom. The van der Waals surface area contributed by atoms with Gasteiger partial charge in [-0.2, -0.15) is 0 Å². The molecule has 0 radical (unpaired) electrons. The van der Waals surface area contributed by atoms with Crippen LogP contribution < -0.4 is 16.0 Å². The molecular weight excluding hydrogens is 402 g/mol. The second kappa shape index (κ2) is 9.75. The molecule has 154 valence electrons. The molecule has 3 amide bonds. The predicted molar refractivity (Wildman–Crippen MR) is 117 cm³/mol. The number of aryl methyl sites for hydroxylation is 1. The van der Waals surface area contributed by atoms with E-state index in [9.17, 15) is 14.4 Å². The molecule has 3 aromatic rings. The Hall–Kier alpha value is -3.59. The van der Waals surface area contributed by atoms with Crippen LogP contribution in [0, 0.1) is 0 Å². The maximum atomic E-state index is 12.7. The highest BCUT2D eigenvalue weighted by Crippen LogP contribution is 2.21. The number of nitrogens with zero attached hydrogens (tertiary/aromatic N) is 2. The molecule has 3 N–H and O–H groups in total. The summed E-state index contributed by atoms with van der Waals surface area (Å²) in [7, 11) is 0. The van der Waals surface area contributed by atoms with Crippen molar-refractivity contribution in [2.45, 2.75) is 26.7 Å². The number of amides is 3. The smallest absolute Gasteiger partial charge is 0.259 e. The zero-order valence-corrected chi connectivity index (χ0v) is 17.4. The van der Waals surface area contributed by atoms with E-state index in [0.29, 0.717) is 34.1 Å². The minimum atomic E-state index is -0.387. The summed E-state index contributed by atoms with van der Waals surface area (Å²) in [5.41, 5.74) is 1.70. The second-order valence-electron chi connectivity index (χ2n) is 6.29. The van der Waals surface area contributed by atoms with Gasteiger partial charge in [0.1, 0.15) is 5.01 Å². The Bertz CT molecular complexity index is 1060. The Labute approximate surface area is 177 Å². The number of carbonyl (C=O) groups excluding carboxylic acids is 3. The van der Waals surface area contributed by atoms with Crippen LogP contribution in [0.5, 0.6) is 0 Å². The van der Waals surface area contributed by atoms with Crippen LogP contribution in [0.25, 0.3) is 0 Å². The molecule has 0 spiro atoms. The van der Waals surface area contributed by atoms with Gasteiger partial charge in [0, 0.05) is 17.7 Å². The van der Waals surface area contributed by atoms with E-state index < -0.39 is 0 Å². The van der Waals surface area contributed by atoms with Crippen molar-refractivity contribution in [3.63, 3.8) is 0 Å². The van der Waals surface area contributed by atoms with E-state index in [-0.39, 0.29) is 17.7 Å². The summed E-state index contributed by atoms with van der Waals surface area (Å²) in [6.07, 6.45) is 1.11. The summed E-state index contributed by atoms with van der Waals surface area (Å²) >= 11 is 1.31. The van der Waals surface area contributed by atoms with Crippen LogP contribution in [0.4, 0.5) is 16.5 Å². The van der Waals surface area contributed by atoms with Crippen molar-refractivity contribution in [3.8, 4) is 0 Å². The summed E-state index contributed by atoms with van der Waals surface area (Å²) in [4.78, 5) is 36.7. The van der Waals surface area contributed by atoms with Crippen LogP contribution in [0.15, 0.2) is 48.5 Å². The molecule has 1 heterocycles. The summed E-state index contributed by atoms with van der Waals surface area (Å²) in [6, 6.07) is 13.2. The lowest BCUT2D eigenvalue weighted by atomic mass is 10.1. The van der Waals surface area contributed by atoms with Gasteiger partial charge < -0.3 is 10.6 Å². The summed E-state index contributed by atoms with van der Waals surface area (Å²) in [5.74, 6) is -0.858. The Kier molecular flexibility index (Phi) is 6.87. The summed E-state index contributed by atoms with van der Waals surface area (Å²) in [6.45, 7) is 3.72. The van der Waals surface area contributed by atoms with E-state index in [0.717, 1.165) is 11.4 Å². The van der Waals surface area contributed by atoms with Gasteiger partial charge in [0.15, 0.2) is 0 Å². The van der Waals surface area contributed by atoms with Crippen molar-refractivity contribution in [1.29, 1.82) is 0 Å². The van der Waals surface area contributed by atoms with Crippen molar-refractivity contribution in [2.24, 2.45) is 0 Å². The van der Waals surface area contributed by atoms with Gasteiger partial charge in [0.2, 0.25) is 11.0 Å². The first-order valence-corrected chi connectivity index (χ1v) is 10.3. The van der Waals surface area contributed by atoms with E-state index in [2.05, 4.69) is 26.1 Å². The lowest BCUT2D eigenvalue weighted by molar-refractivity contribution is -0.115. The van der Waals surface area contributed by atoms with Crippen molar-refractivity contribution in [3.05, 3.63) is 64.7 Å². The maximum Gasteiger partial charge on any atom is 0.259 e. The Morgan fingerprint density at radius 2 is 1.60 bits per heavy atom. The fraction of sp³-hybridized carbons (Fsp3) is 0.190. The molecule has 0 bridgehead atoms. The van der Waals surface area contributed by atoms with Crippen LogP contribution in [0.1, 0.15) is 46.0 Å². The number of para-hydroxylation sites is 1. The minimum absolute atomic E-state index is 0.103. The number of hydrogen-bond acceptors (Lipinski definition) is 6. The fourth-order valence-electron chi connectivity index (χ4n) is 2.55. The maximum absolute atomic E-state index is 12.7. The van der Waals surface area contributed by atoms with Gasteiger partial charge in [0.25, 0.3) is 11.8 Å². The quantitative estimate of drug-likeness (QED) is 0.532. The molecule has 0 saturated carbocycles. The largest absolute Gasteiger partial charge is 0.326 e. The highest BCUT2D eigenvalue weighted by molar-refractivity contribution is 7.15. The minimum Gasteiger partial charge on any atom is -0.326 e. The third kappa shape index (κ3) is 5.26. The van der Waals surface area contributed by atoms with Gasteiger partial charge in [-0.25, -0.2) is 0 Å². The van der Waals surface area contributed by atoms with E-state index in [4.69, 9.17) is 0 Å². The molecule has 0 atom stereocenters. The molecule has 1 aromatic heterocycles. The zero-order chi connectivity index (χ0) is 21.5. The van der Waals surface area contributed by atoms with Gasteiger partial charge in [-0.1, -0.05) is 37.3 Å². The molecule has 3 rings (SSSR count). The first-order chi connectivity index (χ1) is 14.5. The van der Waals surface area contributed by atoms with Gasteiger partial charge in [-0.15, -0.1) is 10.2 Å². The standard InChI is InChI=1S/C21H21N5O3S/c1-3-17(27)22-14-11-9-13(10-12-14)19(28)23-16-8-6-5-7-15(16)20(29)24-21-26-25-18(4-2)30-21/h5-12H,3-4H2,1-2H3,(H,22,27)(H,23,28)(H,24,26,29). The van der Waals surface area contributed by atoms with Gasteiger partial charge >= 0.3 is 0 Å². The number of benzene rings is 2. The normalized spacial score (nSPS) is 10.3. The number of anilines is 3. The van der Waals surface area contributed by atoms with E-state index in [1.807, 2.05) is 6.92 Å². The summed E-state index contributed by atoms with van der Waals surface area (Å²) in [5, 5.41) is 17.4. The van der Waals surface area contributed by atoms with E-state index in [1.54, 1.807) is 55.5 Å². The third-order valence-corrected chi connectivity index (χ3v) is 5.14. The van der Waals surface area contributed by atoms with E-state index >= 15 is 0 Å².